The standard InChI is InChI=1S/C26H35N7O5/c1-26(2,3)38-25(37)27-11-7-10-19(34)32-17-12-18(22(36)21(17)35)33-15-31-20-23(29-14-30-24(20)33)28-13-16-8-5-4-6-9-16/h4-6,8-9,14-15,17-18,21-22,35-36H,7,10-13H2,1-3H3,(H,27,37)(H,32,34)(H,28,29,30)/t17-,18+,21-,22+/m0/s1. The molecule has 4 atom stereocenters. The van der Waals surface area contributed by atoms with Crippen molar-refractivity contribution in [2.24, 2.45) is 0 Å². The molecule has 3 aromatic rings. The van der Waals surface area contributed by atoms with Gasteiger partial charge in [-0.1, -0.05) is 30.3 Å². The van der Waals surface area contributed by atoms with Crippen LogP contribution in [0, 0.1) is 0 Å². The minimum Gasteiger partial charge on any atom is -0.444 e. The van der Waals surface area contributed by atoms with Crippen LogP contribution in [-0.2, 0) is 16.1 Å². The second kappa shape index (κ2) is 11.7. The lowest BCUT2D eigenvalue weighted by Gasteiger charge is -2.20. The molecule has 0 unspecified atom stereocenters. The highest BCUT2D eigenvalue weighted by Crippen LogP contribution is 2.34. The summed E-state index contributed by atoms with van der Waals surface area (Å²) in [6, 6.07) is 8.71. The van der Waals surface area contributed by atoms with Crippen LogP contribution in [0.25, 0.3) is 11.2 Å². The van der Waals surface area contributed by atoms with Crippen molar-refractivity contribution in [2.75, 3.05) is 11.9 Å². The molecule has 2 heterocycles. The molecule has 1 aliphatic rings. The number of carbonyl (C=O) groups is 2. The highest BCUT2D eigenvalue weighted by molar-refractivity contribution is 5.82. The highest BCUT2D eigenvalue weighted by Gasteiger charge is 2.43. The molecule has 0 bridgehead atoms. The Morgan fingerprint density at radius 2 is 1.87 bits per heavy atom. The van der Waals surface area contributed by atoms with Gasteiger partial charge in [-0.25, -0.2) is 19.7 Å². The summed E-state index contributed by atoms with van der Waals surface area (Å²) in [5, 5.41) is 30.1. The van der Waals surface area contributed by atoms with Crippen LogP contribution >= 0.6 is 0 Å². The van der Waals surface area contributed by atoms with Gasteiger partial charge in [-0.05, 0) is 39.2 Å². The first-order valence-corrected chi connectivity index (χ1v) is 12.7. The van der Waals surface area contributed by atoms with E-state index in [1.54, 1.807) is 31.7 Å². The van der Waals surface area contributed by atoms with Gasteiger partial charge in [0.15, 0.2) is 11.5 Å². The Bertz CT molecular complexity index is 1240. The van der Waals surface area contributed by atoms with Crippen molar-refractivity contribution in [3.05, 3.63) is 48.5 Å². The minimum atomic E-state index is -1.15. The van der Waals surface area contributed by atoms with E-state index in [-0.39, 0.29) is 18.9 Å². The van der Waals surface area contributed by atoms with Gasteiger partial charge >= 0.3 is 6.09 Å². The molecule has 1 aromatic carbocycles. The van der Waals surface area contributed by atoms with Crippen LogP contribution in [0.3, 0.4) is 0 Å². The number of aromatic nitrogens is 4. The Hall–Kier alpha value is -3.77. The third kappa shape index (κ3) is 6.75. The number of imidazole rings is 1. The SMILES string of the molecule is CC(C)(C)OC(=O)NCCCC(=O)N[C@H]1C[C@@H](n2cnc3c(NCc4ccccc4)ncnc32)[C@@H](O)[C@H]1O. The molecule has 2 aromatic heterocycles. The molecule has 0 saturated heterocycles. The fraction of sp³-hybridized carbons (Fsp3) is 0.500. The van der Waals surface area contributed by atoms with Gasteiger partial charge in [-0.3, -0.25) is 4.79 Å². The molecule has 1 aliphatic carbocycles. The molecular formula is C26H35N7O5. The fourth-order valence-corrected chi connectivity index (χ4v) is 4.47. The van der Waals surface area contributed by atoms with E-state index in [2.05, 4.69) is 30.9 Å². The number of aliphatic hydroxyl groups is 2. The molecule has 0 aliphatic heterocycles. The van der Waals surface area contributed by atoms with E-state index in [9.17, 15) is 19.8 Å². The Kier molecular flexibility index (Phi) is 8.42. The van der Waals surface area contributed by atoms with Gasteiger partial charge in [-0.15, -0.1) is 0 Å². The number of hydrogen-bond donors (Lipinski definition) is 5. The average molecular weight is 526 g/mol. The molecule has 204 valence electrons. The molecule has 12 nitrogen and oxygen atoms in total. The number of carbonyl (C=O) groups excluding carboxylic acids is 2. The Balaban J connectivity index is 1.33. The number of amides is 2. The Morgan fingerprint density at radius 3 is 2.61 bits per heavy atom. The van der Waals surface area contributed by atoms with Gasteiger partial charge < -0.3 is 35.5 Å². The normalized spacial score (nSPS) is 21.3. The predicted molar refractivity (Wildman–Crippen MR) is 140 cm³/mol. The first-order chi connectivity index (χ1) is 18.1. The van der Waals surface area contributed by atoms with Crippen molar-refractivity contribution < 1.29 is 24.5 Å². The summed E-state index contributed by atoms with van der Waals surface area (Å²) in [5.74, 6) is 0.286. The Labute approximate surface area is 220 Å². The topological polar surface area (TPSA) is 164 Å². The predicted octanol–water partition coefficient (Wildman–Crippen LogP) is 1.89. The number of nitrogens with one attached hydrogen (secondary N) is 3. The smallest absolute Gasteiger partial charge is 0.407 e. The zero-order chi connectivity index (χ0) is 27.3. The number of alkyl carbamates (subject to hydrolysis) is 1. The molecule has 38 heavy (non-hydrogen) atoms. The van der Waals surface area contributed by atoms with Crippen molar-refractivity contribution in [3.63, 3.8) is 0 Å². The highest BCUT2D eigenvalue weighted by atomic mass is 16.6. The summed E-state index contributed by atoms with van der Waals surface area (Å²) in [4.78, 5) is 37.3. The number of ether oxygens (including phenoxy) is 1. The van der Waals surface area contributed by atoms with E-state index >= 15 is 0 Å². The van der Waals surface area contributed by atoms with E-state index < -0.39 is 36.0 Å². The Morgan fingerprint density at radius 1 is 1.11 bits per heavy atom. The van der Waals surface area contributed by atoms with Crippen LogP contribution in [0.1, 0.15) is 51.6 Å². The number of benzene rings is 1. The van der Waals surface area contributed by atoms with E-state index in [4.69, 9.17) is 4.74 Å². The van der Waals surface area contributed by atoms with Crippen molar-refractivity contribution in [1.82, 2.24) is 30.2 Å². The second-order valence-corrected chi connectivity index (χ2v) is 10.4. The number of nitrogens with zero attached hydrogens (tertiary/aromatic N) is 4. The van der Waals surface area contributed by atoms with Gasteiger partial charge in [-0.2, -0.15) is 0 Å². The quantitative estimate of drug-likeness (QED) is 0.263. The minimum absolute atomic E-state index is 0.150. The summed E-state index contributed by atoms with van der Waals surface area (Å²) in [7, 11) is 0. The van der Waals surface area contributed by atoms with Crippen LogP contribution in [0.5, 0.6) is 0 Å². The van der Waals surface area contributed by atoms with Crippen molar-refractivity contribution >= 4 is 29.0 Å². The van der Waals surface area contributed by atoms with Gasteiger partial charge in [0.1, 0.15) is 29.7 Å². The summed E-state index contributed by atoms with van der Waals surface area (Å²) in [6.45, 7) is 6.16. The number of fused-ring (bicyclic) bond motifs is 1. The molecule has 12 heteroatoms. The molecular weight excluding hydrogens is 490 g/mol. The molecule has 1 saturated carbocycles. The largest absolute Gasteiger partial charge is 0.444 e. The van der Waals surface area contributed by atoms with Crippen LogP contribution in [0.2, 0.25) is 0 Å². The van der Waals surface area contributed by atoms with E-state index in [1.807, 2.05) is 30.3 Å². The van der Waals surface area contributed by atoms with Crippen molar-refractivity contribution in [2.45, 2.75) is 76.5 Å². The van der Waals surface area contributed by atoms with Crippen molar-refractivity contribution in [1.29, 1.82) is 0 Å². The fourth-order valence-electron chi connectivity index (χ4n) is 4.47. The summed E-state index contributed by atoms with van der Waals surface area (Å²) < 4.78 is 6.88. The molecule has 1 fully saturated rings. The third-order valence-electron chi connectivity index (χ3n) is 6.27. The van der Waals surface area contributed by atoms with Crippen LogP contribution < -0.4 is 16.0 Å². The van der Waals surface area contributed by atoms with Gasteiger partial charge in [0.2, 0.25) is 5.91 Å². The molecule has 2 amide bonds. The number of hydrogen-bond acceptors (Lipinski definition) is 9. The second-order valence-electron chi connectivity index (χ2n) is 10.4. The maximum Gasteiger partial charge on any atom is 0.407 e. The monoisotopic (exact) mass is 525 g/mol. The molecule has 0 radical (unpaired) electrons. The van der Waals surface area contributed by atoms with E-state index in [0.717, 1.165) is 5.56 Å². The van der Waals surface area contributed by atoms with Crippen molar-refractivity contribution in [3.8, 4) is 0 Å². The van der Waals surface area contributed by atoms with E-state index in [0.29, 0.717) is 36.4 Å². The first-order valence-electron chi connectivity index (χ1n) is 12.7. The van der Waals surface area contributed by atoms with E-state index in [1.165, 1.54) is 6.33 Å². The number of aliphatic hydroxyl groups excluding tert-OH is 2. The van der Waals surface area contributed by atoms with Crippen LogP contribution in [0.4, 0.5) is 10.6 Å². The maximum atomic E-state index is 12.5. The average Bonchev–Trinajstić information content (AvgIpc) is 3.42. The summed E-state index contributed by atoms with van der Waals surface area (Å²) >= 11 is 0. The first kappa shape index (κ1) is 27.3. The number of anilines is 1. The lowest BCUT2D eigenvalue weighted by molar-refractivity contribution is -0.122. The number of rotatable bonds is 9. The molecule has 4 rings (SSSR count). The van der Waals surface area contributed by atoms with Gasteiger partial charge in [0, 0.05) is 19.5 Å². The lowest BCUT2D eigenvalue weighted by atomic mass is 10.2. The maximum absolute atomic E-state index is 12.5. The third-order valence-corrected chi connectivity index (χ3v) is 6.27. The van der Waals surface area contributed by atoms with Gasteiger partial charge in [0.25, 0.3) is 0 Å². The zero-order valence-electron chi connectivity index (χ0n) is 21.8. The summed E-state index contributed by atoms with van der Waals surface area (Å²) in [6.07, 6.45) is 1.04. The molecule has 5 N–H and O–H groups in total. The molecule has 0 spiro atoms. The zero-order valence-corrected chi connectivity index (χ0v) is 21.8. The van der Waals surface area contributed by atoms with Crippen LogP contribution in [-0.4, -0.2) is 72.1 Å². The summed E-state index contributed by atoms with van der Waals surface area (Å²) in [5.41, 5.74) is 1.57. The lowest BCUT2D eigenvalue weighted by Crippen LogP contribution is -2.43. The van der Waals surface area contributed by atoms with Crippen LogP contribution in [0.15, 0.2) is 43.0 Å². The van der Waals surface area contributed by atoms with Gasteiger partial charge in [0.05, 0.1) is 18.4 Å².